The van der Waals surface area contributed by atoms with E-state index in [1.54, 1.807) is 26.3 Å². The van der Waals surface area contributed by atoms with Crippen LogP contribution in [-0.4, -0.2) is 31.5 Å². The Balaban J connectivity index is 2.86. The second-order valence-electron chi connectivity index (χ2n) is 3.82. The predicted molar refractivity (Wildman–Crippen MR) is 64.9 cm³/mol. The number of nitriles is 1. The lowest BCUT2D eigenvalue weighted by Crippen LogP contribution is -2.27. The van der Waals surface area contributed by atoms with Gasteiger partial charge in [0.05, 0.1) is 19.6 Å². The Morgan fingerprint density at radius 2 is 2.24 bits per heavy atom. The Labute approximate surface area is 101 Å². The number of carbonyl (C=O) groups excluding carboxylic acids is 1. The molecule has 0 aliphatic carbocycles. The Hall–Kier alpha value is -2.02. The van der Waals surface area contributed by atoms with Crippen molar-refractivity contribution in [2.45, 2.75) is 13.3 Å². The highest BCUT2D eigenvalue weighted by Gasteiger charge is 2.12. The number of benzene rings is 1. The van der Waals surface area contributed by atoms with Crippen LogP contribution in [0.2, 0.25) is 0 Å². The van der Waals surface area contributed by atoms with E-state index < -0.39 is 0 Å². The standard InChI is InChI=1S/C13H16N2O2/c1-10-5-6-11(9-12(10)17-3)13(16)15(2)8-4-7-14/h5-6,9H,4,8H2,1-3H3. The predicted octanol–water partition coefficient (Wildman–Crippen LogP) is 1.99. The fourth-order valence-corrected chi connectivity index (χ4v) is 1.49. The number of methoxy groups -OCH3 is 1. The van der Waals surface area contributed by atoms with Crippen molar-refractivity contribution in [3.8, 4) is 11.8 Å². The van der Waals surface area contributed by atoms with Crippen LogP contribution in [-0.2, 0) is 0 Å². The fourth-order valence-electron chi connectivity index (χ4n) is 1.49. The molecular weight excluding hydrogens is 216 g/mol. The van der Waals surface area contributed by atoms with E-state index in [1.807, 2.05) is 19.1 Å². The van der Waals surface area contributed by atoms with Crippen molar-refractivity contribution >= 4 is 5.91 Å². The van der Waals surface area contributed by atoms with Gasteiger partial charge < -0.3 is 9.64 Å². The second-order valence-corrected chi connectivity index (χ2v) is 3.82. The van der Waals surface area contributed by atoms with Gasteiger partial charge in [-0.3, -0.25) is 4.79 Å². The van der Waals surface area contributed by atoms with Crippen LogP contribution in [0.4, 0.5) is 0 Å². The third kappa shape index (κ3) is 3.22. The highest BCUT2D eigenvalue weighted by atomic mass is 16.5. The van der Waals surface area contributed by atoms with Gasteiger partial charge in [0.1, 0.15) is 5.75 Å². The van der Waals surface area contributed by atoms with Crippen molar-refractivity contribution < 1.29 is 9.53 Å². The molecule has 17 heavy (non-hydrogen) atoms. The molecule has 0 radical (unpaired) electrons. The van der Waals surface area contributed by atoms with E-state index in [4.69, 9.17) is 10.00 Å². The average Bonchev–Trinajstić information content (AvgIpc) is 2.35. The number of aryl methyl sites for hydroxylation is 1. The first kappa shape index (κ1) is 13.0. The van der Waals surface area contributed by atoms with Gasteiger partial charge in [-0.25, -0.2) is 0 Å². The first-order valence-electron chi connectivity index (χ1n) is 5.37. The molecule has 1 amide bonds. The maximum atomic E-state index is 12.0. The van der Waals surface area contributed by atoms with Gasteiger partial charge in [-0.15, -0.1) is 0 Å². The topological polar surface area (TPSA) is 53.3 Å². The Bertz CT molecular complexity index is 449. The Morgan fingerprint density at radius 1 is 1.53 bits per heavy atom. The summed E-state index contributed by atoms with van der Waals surface area (Å²) in [5.74, 6) is 0.600. The summed E-state index contributed by atoms with van der Waals surface area (Å²) in [6.45, 7) is 2.36. The largest absolute Gasteiger partial charge is 0.496 e. The van der Waals surface area contributed by atoms with E-state index in [9.17, 15) is 4.79 Å². The third-order valence-electron chi connectivity index (χ3n) is 2.56. The van der Waals surface area contributed by atoms with Crippen LogP contribution in [0.1, 0.15) is 22.3 Å². The molecule has 90 valence electrons. The summed E-state index contributed by atoms with van der Waals surface area (Å²) >= 11 is 0. The number of nitrogens with zero attached hydrogens (tertiary/aromatic N) is 2. The summed E-state index contributed by atoms with van der Waals surface area (Å²) in [6, 6.07) is 7.36. The summed E-state index contributed by atoms with van der Waals surface area (Å²) in [5, 5.41) is 8.48. The fraction of sp³-hybridized carbons (Fsp3) is 0.385. The summed E-state index contributed by atoms with van der Waals surface area (Å²) in [7, 11) is 3.27. The third-order valence-corrected chi connectivity index (χ3v) is 2.56. The van der Waals surface area contributed by atoms with Crippen LogP contribution in [0, 0.1) is 18.3 Å². The van der Waals surface area contributed by atoms with E-state index in [0.29, 0.717) is 24.3 Å². The van der Waals surface area contributed by atoms with Crippen LogP contribution in [0.5, 0.6) is 5.75 Å². The lowest BCUT2D eigenvalue weighted by atomic mass is 10.1. The molecule has 0 fully saturated rings. The molecule has 4 heteroatoms. The van der Waals surface area contributed by atoms with Gasteiger partial charge in [0, 0.05) is 19.2 Å². The van der Waals surface area contributed by atoms with Crippen LogP contribution >= 0.6 is 0 Å². The van der Waals surface area contributed by atoms with Crippen molar-refractivity contribution in [1.82, 2.24) is 4.90 Å². The quantitative estimate of drug-likeness (QED) is 0.797. The second kappa shape index (κ2) is 5.90. The van der Waals surface area contributed by atoms with E-state index in [2.05, 4.69) is 0 Å². The molecule has 1 aromatic carbocycles. The minimum atomic E-state index is -0.0986. The first-order valence-corrected chi connectivity index (χ1v) is 5.37. The van der Waals surface area contributed by atoms with Crippen molar-refractivity contribution in [2.75, 3.05) is 20.7 Å². The van der Waals surface area contributed by atoms with Crippen LogP contribution in [0.25, 0.3) is 0 Å². The summed E-state index contributed by atoms with van der Waals surface area (Å²) < 4.78 is 5.17. The highest BCUT2D eigenvalue weighted by Crippen LogP contribution is 2.19. The zero-order valence-corrected chi connectivity index (χ0v) is 10.4. The molecule has 0 aliphatic rings. The minimum absolute atomic E-state index is 0.0986. The zero-order chi connectivity index (χ0) is 12.8. The van der Waals surface area contributed by atoms with Gasteiger partial charge in [0.25, 0.3) is 5.91 Å². The van der Waals surface area contributed by atoms with E-state index in [-0.39, 0.29) is 5.91 Å². The number of hydrogen-bond acceptors (Lipinski definition) is 3. The SMILES string of the molecule is COc1cc(C(=O)N(C)CCC#N)ccc1C. The molecule has 0 aliphatic heterocycles. The number of rotatable bonds is 4. The van der Waals surface area contributed by atoms with Crippen LogP contribution < -0.4 is 4.74 Å². The maximum Gasteiger partial charge on any atom is 0.253 e. The molecule has 0 unspecified atom stereocenters. The average molecular weight is 232 g/mol. The number of carbonyl (C=O) groups is 1. The van der Waals surface area contributed by atoms with Gasteiger partial charge in [-0.2, -0.15) is 5.26 Å². The van der Waals surface area contributed by atoms with Crippen LogP contribution in [0.15, 0.2) is 18.2 Å². The maximum absolute atomic E-state index is 12.0. The number of amides is 1. The normalized spacial score (nSPS) is 9.53. The molecule has 0 spiro atoms. The van der Waals surface area contributed by atoms with Crippen molar-refractivity contribution in [1.29, 1.82) is 5.26 Å². The van der Waals surface area contributed by atoms with E-state index in [1.165, 1.54) is 4.90 Å². The molecule has 4 nitrogen and oxygen atoms in total. The molecule has 1 aromatic rings. The lowest BCUT2D eigenvalue weighted by Gasteiger charge is -2.16. The summed E-state index contributed by atoms with van der Waals surface area (Å²) in [4.78, 5) is 13.5. The Kier molecular flexibility index (Phi) is 4.53. The monoisotopic (exact) mass is 232 g/mol. The van der Waals surface area contributed by atoms with Crippen molar-refractivity contribution in [2.24, 2.45) is 0 Å². The molecule has 1 rings (SSSR count). The van der Waals surface area contributed by atoms with Crippen molar-refractivity contribution in [3.63, 3.8) is 0 Å². The molecule has 0 bridgehead atoms. The summed E-state index contributed by atoms with van der Waals surface area (Å²) in [5.41, 5.74) is 1.57. The molecule has 0 heterocycles. The molecular formula is C13H16N2O2. The van der Waals surface area contributed by atoms with Crippen LogP contribution in [0.3, 0.4) is 0 Å². The number of ether oxygens (including phenoxy) is 1. The zero-order valence-electron chi connectivity index (χ0n) is 10.4. The molecule has 0 aromatic heterocycles. The molecule has 0 saturated heterocycles. The van der Waals surface area contributed by atoms with Gasteiger partial charge in [0.15, 0.2) is 0 Å². The molecule has 0 atom stereocenters. The van der Waals surface area contributed by atoms with E-state index in [0.717, 1.165) is 5.56 Å². The molecule has 0 saturated carbocycles. The van der Waals surface area contributed by atoms with Gasteiger partial charge >= 0.3 is 0 Å². The Morgan fingerprint density at radius 3 is 2.82 bits per heavy atom. The minimum Gasteiger partial charge on any atom is -0.496 e. The van der Waals surface area contributed by atoms with Crippen molar-refractivity contribution in [3.05, 3.63) is 29.3 Å². The number of hydrogen-bond donors (Lipinski definition) is 0. The van der Waals surface area contributed by atoms with E-state index >= 15 is 0 Å². The summed E-state index contributed by atoms with van der Waals surface area (Å²) in [6.07, 6.45) is 0.339. The van der Waals surface area contributed by atoms with Gasteiger partial charge in [0.2, 0.25) is 0 Å². The van der Waals surface area contributed by atoms with Gasteiger partial charge in [-0.05, 0) is 24.6 Å². The smallest absolute Gasteiger partial charge is 0.253 e. The first-order chi connectivity index (χ1) is 8.10. The van der Waals surface area contributed by atoms with Gasteiger partial charge in [-0.1, -0.05) is 6.07 Å². The highest BCUT2D eigenvalue weighted by molar-refractivity contribution is 5.94. The molecule has 0 N–H and O–H groups in total. The lowest BCUT2D eigenvalue weighted by molar-refractivity contribution is 0.0797.